The number of amides is 1. The molecule has 0 saturated heterocycles. The van der Waals surface area contributed by atoms with Crippen molar-refractivity contribution in [1.29, 1.82) is 0 Å². The van der Waals surface area contributed by atoms with Crippen LogP contribution in [0.3, 0.4) is 0 Å². The van der Waals surface area contributed by atoms with Crippen LogP contribution in [0.25, 0.3) is 0 Å². The Morgan fingerprint density at radius 2 is 1.45 bits per heavy atom. The van der Waals surface area contributed by atoms with E-state index < -0.39 is 42.5 Å². The van der Waals surface area contributed by atoms with E-state index in [2.05, 4.69) is 5.32 Å². The van der Waals surface area contributed by atoms with E-state index in [1.165, 1.54) is 0 Å². The Morgan fingerprint density at radius 1 is 0.955 bits per heavy atom. The minimum absolute atomic E-state index is 0.146. The molecule has 2 atom stereocenters. The molecule has 0 aromatic heterocycles. The zero-order valence-electron chi connectivity index (χ0n) is 12.6. The molecule has 1 amide bonds. The average molecular weight is 322 g/mol. The Morgan fingerprint density at radius 3 is 1.64 bits per heavy atom. The molecule has 128 valence electrons. The first-order chi connectivity index (χ1) is 10.0. The Bertz CT molecular complexity index is 397. The lowest BCUT2D eigenvalue weighted by molar-refractivity contribution is -0.141. The minimum Gasteiger partial charge on any atom is -0.481 e. The highest BCUT2D eigenvalue weighted by Crippen LogP contribution is 1.99. The topological polar surface area (TPSA) is 173 Å². The number of hydrogen-bond donors (Lipinski definition) is 6. The summed E-state index contributed by atoms with van der Waals surface area (Å²) in [4.78, 5) is 40.7. The maximum absolute atomic E-state index is 10.3. The van der Waals surface area contributed by atoms with Gasteiger partial charge in [0.05, 0.1) is 0 Å². The first kappa shape index (κ1) is 21.9. The zero-order chi connectivity index (χ0) is 17.9. The summed E-state index contributed by atoms with van der Waals surface area (Å²) in [5, 5.41) is 37.7. The summed E-state index contributed by atoms with van der Waals surface area (Å²) in [6, 6.07) is -1.78. The van der Waals surface area contributed by atoms with Crippen molar-refractivity contribution in [2.45, 2.75) is 38.8 Å². The molecule has 10 nitrogen and oxygen atoms in total. The molecule has 0 radical (unpaired) electrons. The van der Waals surface area contributed by atoms with Gasteiger partial charge in [-0.1, -0.05) is 13.8 Å². The van der Waals surface area contributed by atoms with Crippen molar-refractivity contribution in [1.82, 2.24) is 10.6 Å². The molecular weight excluding hydrogens is 300 g/mol. The molecule has 0 aromatic carbocycles. The van der Waals surface area contributed by atoms with E-state index in [-0.39, 0.29) is 12.3 Å². The van der Waals surface area contributed by atoms with Crippen molar-refractivity contribution in [3.8, 4) is 0 Å². The molecule has 0 unspecified atom stereocenters. The van der Waals surface area contributed by atoms with Crippen LogP contribution in [-0.4, -0.2) is 63.6 Å². The fraction of sp³-hybridized carbons (Fsp3) is 0.667. The standard InChI is InChI=1S/C6H9NO6.C6H13NO2/c8-4(9)2-1-3(5(10)11)7-6(12)13;1-4(2)5(7-3)6(8)9/h3,7H,1-2H2,(H,8,9)(H,10,11)(H,12,13);4-5,7H,1-3H3,(H,8,9)/t3-;5-/m00/s1. The normalized spacial score (nSPS) is 12.5. The van der Waals surface area contributed by atoms with Gasteiger partial charge in [-0.15, -0.1) is 0 Å². The fourth-order valence-corrected chi connectivity index (χ4v) is 1.42. The molecule has 0 aliphatic carbocycles. The van der Waals surface area contributed by atoms with Crippen LogP contribution in [0, 0.1) is 5.92 Å². The second kappa shape index (κ2) is 11.3. The van der Waals surface area contributed by atoms with E-state index in [1.807, 2.05) is 13.8 Å². The van der Waals surface area contributed by atoms with Crippen LogP contribution in [0.4, 0.5) is 4.79 Å². The van der Waals surface area contributed by atoms with Gasteiger partial charge in [-0.2, -0.15) is 0 Å². The molecule has 0 rings (SSSR count). The van der Waals surface area contributed by atoms with Gasteiger partial charge in [-0.3, -0.25) is 9.59 Å². The van der Waals surface area contributed by atoms with Gasteiger partial charge < -0.3 is 31.1 Å². The summed E-state index contributed by atoms with van der Waals surface area (Å²) in [5.41, 5.74) is 0. The highest BCUT2D eigenvalue weighted by molar-refractivity contribution is 5.79. The monoisotopic (exact) mass is 322 g/mol. The van der Waals surface area contributed by atoms with Crippen LogP contribution in [0.5, 0.6) is 0 Å². The molecule has 0 heterocycles. The third-order valence-corrected chi connectivity index (χ3v) is 2.49. The van der Waals surface area contributed by atoms with Crippen molar-refractivity contribution in [3.63, 3.8) is 0 Å². The Kier molecular flexibility index (Phi) is 11.3. The Balaban J connectivity index is 0. The summed E-state index contributed by atoms with van der Waals surface area (Å²) >= 11 is 0. The highest BCUT2D eigenvalue weighted by Gasteiger charge is 2.20. The van der Waals surface area contributed by atoms with Crippen molar-refractivity contribution in [2.24, 2.45) is 5.92 Å². The number of carbonyl (C=O) groups is 4. The van der Waals surface area contributed by atoms with Gasteiger partial charge >= 0.3 is 24.0 Å². The summed E-state index contributed by atoms with van der Waals surface area (Å²) in [5.74, 6) is -3.19. The maximum atomic E-state index is 10.3. The summed E-state index contributed by atoms with van der Waals surface area (Å²) in [6.07, 6.45) is -2.15. The van der Waals surface area contributed by atoms with Gasteiger partial charge in [-0.25, -0.2) is 9.59 Å². The van der Waals surface area contributed by atoms with Crippen molar-refractivity contribution >= 4 is 24.0 Å². The quantitative estimate of drug-likeness (QED) is 0.356. The predicted octanol–water partition coefficient (Wildman–Crippen LogP) is -0.113. The summed E-state index contributed by atoms with van der Waals surface area (Å²) in [7, 11) is 1.65. The average Bonchev–Trinajstić information content (AvgIpc) is 2.34. The van der Waals surface area contributed by atoms with E-state index in [4.69, 9.17) is 20.4 Å². The van der Waals surface area contributed by atoms with E-state index in [0.717, 1.165) is 0 Å². The van der Waals surface area contributed by atoms with Gasteiger partial charge in [0.25, 0.3) is 0 Å². The molecule has 6 N–H and O–H groups in total. The third-order valence-electron chi connectivity index (χ3n) is 2.49. The molecular formula is C12H22N2O8. The second-order valence-electron chi connectivity index (χ2n) is 4.62. The predicted molar refractivity (Wildman–Crippen MR) is 74.8 cm³/mol. The number of carboxylic acids is 3. The lowest BCUT2D eigenvalue weighted by Crippen LogP contribution is -2.40. The second-order valence-corrected chi connectivity index (χ2v) is 4.62. The summed E-state index contributed by atoms with van der Waals surface area (Å²) in [6.45, 7) is 3.74. The molecule has 0 aliphatic heterocycles. The van der Waals surface area contributed by atoms with Crippen LogP contribution in [0.1, 0.15) is 26.7 Å². The van der Waals surface area contributed by atoms with Crippen molar-refractivity contribution < 1.29 is 39.6 Å². The molecule has 0 aromatic rings. The lowest BCUT2D eigenvalue weighted by Gasteiger charge is -2.13. The first-order valence-corrected chi connectivity index (χ1v) is 6.37. The zero-order valence-corrected chi connectivity index (χ0v) is 12.6. The Labute approximate surface area is 127 Å². The van der Waals surface area contributed by atoms with Crippen LogP contribution >= 0.6 is 0 Å². The Hall–Kier alpha value is -2.36. The van der Waals surface area contributed by atoms with Crippen molar-refractivity contribution in [2.75, 3.05) is 7.05 Å². The SMILES string of the molecule is CN[C@H](C(=O)O)C(C)C.O=C(O)CC[C@H](NC(=O)O)C(=O)O. The number of carboxylic acid groups (broad SMARTS) is 4. The van der Waals surface area contributed by atoms with E-state index in [0.29, 0.717) is 0 Å². The lowest BCUT2D eigenvalue weighted by atomic mass is 10.1. The number of aliphatic carboxylic acids is 3. The van der Waals surface area contributed by atoms with Gasteiger partial charge in [0.2, 0.25) is 0 Å². The van der Waals surface area contributed by atoms with E-state index in [9.17, 15) is 19.2 Å². The van der Waals surface area contributed by atoms with E-state index >= 15 is 0 Å². The maximum Gasteiger partial charge on any atom is 0.405 e. The molecule has 0 fully saturated rings. The number of rotatable bonds is 8. The number of hydrogen-bond acceptors (Lipinski definition) is 5. The van der Waals surface area contributed by atoms with Gasteiger partial charge in [0.1, 0.15) is 12.1 Å². The van der Waals surface area contributed by atoms with Gasteiger partial charge in [-0.05, 0) is 19.4 Å². The number of likely N-dealkylation sites (N-methyl/N-ethyl adjacent to an activating group) is 1. The van der Waals surface area contributed by atoms with Crippen LogP contribution in [0.2, 0.25) is 0 Å². The molecule has 10 heteroatoms. The molecule has 22 heavy (non-hydrogen) atoms. The minimum atomic E-state index is -1.49. The van der Waals surface area contributed by atoms with Gasteiger partial charge in [0, 0.05) is 6.42 Å². The third kappa shape index (κ3) is 11.5. The molecule has 0 bridgehead atoms. The molecule has 0 saturated carbocycles. The first-order valence-electron chi connectivity index (χ1n) is 6.37. The van der Waals surface area contributed by atoms with Crippen LogP contribution < -0.4 is 10.6 Å². The van der Waals surface area contributed by atoms with Crippen LogP contribution in [-0.2, 0) is 14.4 Å². The summed E-state index contributed by atoms with van der Waals surface area (Å²) < 4.78 is 0. The van der Waals surface area contributed by atoms with Crippen LogP contribution in [0.15, 0.2) is 0 Å². The smallest absolute Gasteiger partial charge is 0.405 e. The largest absolute Gasteiger partial charge is 0.481 e. The highest BCUT2D eigenvalue weighted by atomic mass is 16.4. The molecule has 0 aliphatic rings. The number of nitrogens with one attached hydrogen (secondary N) is 2. The van der Waals surface area contributed by atoms with Crippen molar-refractivity contribution in [3.05, 3.63) is 0 Å². The fourth-order valence-electron chi connectivity index (χ4n) is 1.42. The molecule has 0 spiro atoms. The van der Waals surface area contributed by atoms with E-state index in [1.54, 1.807) is 12.4 Å². The van der Waals surface area contributed by atoms with Gasteiger partial charge in [0.15, 0.2) is 0 Å².